The van der Waals surface area contributed by atoms with Crippen molar-refractivity contribution in [3.05, 3.63) is 90.5 Å². The molecule has 1 unspecified atom stereocenters. The molecule has 0 radical (unpaired) electrons. The van der Waals surface area contributed by atoms with Crippen LogP contribution in [0.2, 0.25) is 0 Å². The molecule has 0 aromatic heterocycles. The van der Waals surface area contributed by atoms with E-state index in [1.165, 1.54) is 21.5 Å². The highest BCUT2D eigenvalue weighted by molar-refractivity contribution is 7.84. The molecule has 0 N–H and O–H groups in total. The first kappa shape index (κ1) is 21.9. The molecule has 29 heavy (non-hydrogen) atoms. The van der Waals surface area contributed by atoms with Gasteiger partial charge in [0, 0.05) is 13.1 Å². The van der Waals surface area contributed by atoms with Crippen molar-refractivity contribution >= 4 is 34.8 Å². The Bertz CT molecular complexity index is 914. The second kappa shape index (κ2) is 9.34. The van der Waals surface area contributed by atoms with E-state index in [2.05, 4.69) is 91.9 Å². The van der Waals surface area contributed by atoms with E-state index in [4.69, 9.17) is 0 Å². The maximum atomic E-state index is 13.0. The molecule has 0 fully saturated rings. The van der Waals surface area contributed by atoms with E-state index < -0.39 is 18.9 Å². The molecule has 0 amide bonds. The lowest BCUT2D eigenvalue weighted by atomic mass is 10.1. The average molecular weight is 424 g/mol. The van der Waals surface area contributed by atoms with Crippen LogP contribution in [0.1, 0.15) is 39.3 Å². The fraction of sp³-hybridized carbons (Fsp3) is 0.280. The molecule has 0 bridgehead atoms. The molecule has 0 aliphatic carbocycles. The van der Waals surface area contributed by atoms with Crippen molar-refractivity contribution in [1.29, 1.82) is 0 Å². The molecule has 3 aromatic rings. The number of nitrogens with zero attached hydrogens (tertiary/aromatic N) is 1. The van der Waals surface area contributed by atoms with E-state index in [1.807, 2.05) is 32.1 Å². The van der Waals surface area contributed by atoms with E-state index in [1.54, 1.807) is 0 Å². The van der Waals surface area contributed by atoms with Crippen molar-refractivity contribution in [2.24, 2.45) is 0 Å². The number of hydrogen-bond acceptors (Lipinski definition) is 1. The molecule has 4 heteroatoms. The van der Waals surface area contributed by atoms with E-state index in [0.29, 0.717) is 0 Å². The lowest BCUT2D eigenvalue weighted by molar-refractivity contribution is 0.419. The molecule has 2 atom stereocenters. The van der Waals surface area contributed by atoms with Crippen molar-refractivity contribution in [1.82, 2.24) is 4.31 Å². The molecular weight excluding hydrogens is 393 g/mol. The normalized spacial score (nSPS) is 14.2. The number of rotatable bonds is 6. The van der Waals surface area contributed by atoms with E-state index >= 15 is 0 Å². The summed E-state index contributed by atoms with van der Waals surface area (Å²) in [5.74, 6) is 0. The molecule has 3 rings (SSSR count). The Morgan fingerprint density at radius 1 is 0.793 bits per heavy atom. The minimum absolute atomic E-state index is 0.0451. The van der Waals surface area contributed by atoms with Crippen molar-refractivity contribution in [3.63, 3.8) is 0 Å². The van der Waals surface area contributed by atoms with Gasteiger partial charge in [-0.05, 0) is 57.1 Å². The van der Waals surface area contributed by atoms with Gasteiger partial charge in [0.2, 0.25) is 0 Å². The summed E-state index contributed by atoms with van der Waals surface area (Å²) in [7, 11) is 0.189. The number of benzene rings is 3. The first-order chi connectivity index (χ1) is 13.8. The Labute approximate surface area is 179 Å². The zero-order valence-electron chi connectivity index (χ0n) is 17.9. The monoisotopic (exact) mass is 423 g/mol. The van der Waals surface area contributed by atoms with Crippen LogP contribution in [0, 0.1) is 0 Å². The molecule has 0 aliphatic rings. The Kier molecular flexibility index (Phi) is 7.05. The van der Waals surface area contributed by atoms with Gasteiger partial charge in [-0.15, -0.1) is 0 Å². The largest absolute Gasteiger partial charge is 0.242 e. The van der Waals surface area contributed by atoms with Crippen LogP contribution in [0.5, 0.6) is 0 Å². The van der Waals surface area contributed by atoms with Gasteiger partial charge in [-0.25, -0.2) is 8.51 Å². The molecule has 0 saturated carbocycles. The highest BCUT2D eigenvalue weighted by atomic mass is 32.2. The molecule has 0 aliphatic heterocycles. The van der Waals surface area contributed by atoms with Crippen molar-refractivity contribution in [2.45, 2.75) is 38.5 Å². The zero-order chi connectivity index (χ0) is 21.0. The van der Waals surface area contributed by atoms with Crippen LogP contribution < -0.4 is 15.9 Å². The summed E-state index contributed by atoms with van der Waals surface area (Å²) in [4.78, 5) is 0. The standard InChI is InChI=1S/C25H30NOPS/c1-20(26(5)29(27)25(2,3)4)23-18-12-13-19-24(23)28(21-14-8-6-9-15-21)22-16-10-7-11-17-22/h6-20H,1-5H3/t20-,29?/m1/s1. The van der Waals surface area contributed by atoms with Gasteiger partial charge in [0.25, 0.3) is 0 Å². The van der Waals surface area contributed by atoms with Gasteiger partial charge in [0.15, 0.2) is 0 Å². The average Bonchev–Trinajstić information content (AvgIpc) is 2.73. The van der Waals surface area contributed by atoms with Crippen LogP contribution in [-0.2, 0) is 11.0 Å². The van der Waals surface area contributed by atoms with E-state index in [-0.39, 0.29) is 10.8 Å². The maximum Gasteiger partial charge on any atom is 0.1000 e. The second-order valence-electron chi connectivity index (χ2n) is 8.15. The predicted octanol–water partition coefficient (Wildman–Crippen LogP) is 4.90. The van der Waals surface area contributed by atoms with Crippen LogP contribution in [0.25, 0.3) is 0 Å². The van der Waals surface area contributed by atoms with Crippen LogP contribution in [-0.4, -0.2) is 20.3 Å². The quantitative estimate of drug-likeness (QED) is 0.517. The third-order valence-corrected chi connectivity index (χ3v) is 9.39. The van der Waals surface area contributed by atoms with Crippen LogP contribution in [0.3, 0.4) is 0 Å². The molecule has 0 heterocycles. The van der Waals surface area contributed by atoms with Crippen molar-refractivity contribution in [2.75, 3.05) is 7.05 Å². The second-order valence-corrected chi connectivity index (χ2v) is 12.6. The highest BCUT2D eigenvalue weighted by Gasteiger charge is 2.30. The van der Waals surface area contributed by atoms with Gasteiger partial charge in [0.05, 0.1) is 15.7 Å². The summed E-state index contributed by atoms with van der Waals surface area (Å²) >= 11 is 0. The van der Waals surface area contributed by atoms with Gasteiger partial charge in [0.1, 0.15) is 0 Å². The summed E-state index contributed by atoms with van der Waals surface area (Å²) < 4.78 is 14.8. The summed E-state index contributed by atoms with van der Waals surface area (Å²) in [5, 5.41) is 3.98. The fourth-order valence-corrected chi connectivity index (χ4v) is 7.21. The lowest BCUT2D eigenvalue weighted by Gasteiger charge is -2.32. The topological polar surface area (TPSA) is 20.3 Å². The van der Waals surface area contributed by atoms with Crippen molar-refractivity contribution < 1.29 is 4.21 Å². The zero-order valence-corrected chi connectivity index (χ0v) is 19.6. The summed E-state index contributed by atoms with van der Waals surface area (Å²) in [6.07, 6.45) is 0. The Morgan fingerprint density at radius 3 is 1.72 bits per heavy atom. The van der Waals surface area contributed by atoms with E-state index in [0.717, 1.165) is 0 Å². The van der Waals surface area contributed by atoms with Crippen molar-refractivity contribution in [3.8, 4) is 0 Å². The van der Waals surface area contributed by atoms with Crippen LogP contribution in [0.15, 0.2) is 84.9 Å². The minimum atomic E-state index is -1.08. The van der Waals surface area contributed by atoms with Crippen LogP contribution >= 0.6 is 7.92 Å². The highest BCUT2D eigenvalue weighted by Crippen LogP contribution is 2.37. The third-order valence-electron chi connectivity index (χ3n) is 4.99. The SMILES string of the molecule is C[C@H](c1ccccc1P(c1ccccc1)c1ccccc1)N(C)S(=O)C(C)(C)C. The smallest absolute Gasteiger partial charge is 0.1000 e. The molecule has 3 aromatic carbocycles. The Morgan fingerprint density at radius 2 is 1.24 bits per heavy atom. The van der Waals surface area contributed by atoms with Gasteiger partial charge >= 0.3 is 0 Å². The van der Waals surface area contributed by atoms with Gasteiger partial charge in [-0.3, -0.25) is 0 Å². The first-order valence-corrected chi connectivity index (χ1v) is 12.4. The molecule has 0 saturated heterocycles. The predicted molar refractivity (Wildman–Crippen MR) is 129 cm³/mol. The minimum Gasteiger partial charge on any atom is -0.242 e. The van der Waals surface area contributed by atoms with Gasteiger partial charge in [-0.2, -0.15) is 0 Å². The molecular formula is C25H30NOPS. The molecule has 0 spiro atoms. The summed E-state index contributed by atoms with van der Waals surface area (Å²) in [6.45, 7) is 8.24. The maximum absolute atomic E-state index is 13.0. The Hall–Kier alpha value is -1.80. The number of hydrogen-bond donors (Lipinski definition) is 0. The molecule has 152 valence electrons. The third kappa shape index (κ3) is 5.04. The van der Waals surface area contributed by atoms with Gasteiger partial charge < -0.3 is 0 Å². The Balaban J connectivity index is 2.11. The summed E-state index contributed by atoms with van der Waals surface area (Å²) in [5.41, 5.74) is 1.24. The molecule has 2 nitrogen and oxygen atoms in total. The van der Waals surface area contributed by atoms with E-state index in [9.17, 15) is 4.21 Å². The fourth-order valence-electron chi connectivity index (χ4n) is 3.40. The van der Waals surface area contributed by atoms with Gasteiger partial charge in [-0.1, -0.05) is 84.9 Å². The van der Waals surface area contributed by atoms with Crippen LogP contribution in [0.4, 0.5) is 0 Å². The first-order valence-electron chi connectivity index (χ1n) is 9.94. The lowest BCUT2D eigenvalue weighted by Crippen LogP contribution is -2.38. The summed E-state index contributed by atoms with van der Waals surface area (Å²) in [6, 6.07) is 30.1.